The predicted molar refractivity (Wildman–Crippen MR) is 93.6 cm³/mol. The van der Waals surface area contributed by atoms with Crippen LogP contribution in [0.4, 0.5) is 5.13 Å². The summed E-state index contributed by atoms with van der Waals surface area (Å²) in [6, 6.07) is 0. The molecule has 4 rings (SSSR count). The minimum Gasteiger partial charge on any atom is -0.350 e. The number of nitrogens with zero attached hydrogens (tertiary/aromatic N) is 3. The quantitative estimate of drug-likeness (QED) is 0.754. The number of carbonyl (C=O) groups is 1. The van der Waals surface area contributed by atoms with E-state index in [1.165, 1.54) is 12.8 Å². The van der Waals surface area contributed by atoms with Gasteiger partial charge in [0, 0.05) is 62.2 Å². The van der Waals surface area contributed by atoms with Gasteiger partial charge in [-0.2, -0.15) is 5.10 Å². The number of nitrogens with one attached hydrogen (secondary N) is 3. The topological polar surface area (TPSA) is 85.9 Å². The molecule has 0 bridgehead atoms. The molecule has 0 atom stereocenters. The fraction of sp³-hybridized carbons (Fsp3) is 0.562. The van der Waals surface area contributed by atoms with E-state index in [2.05, 4.69) is 36.1 Å². The Balaban J connectivity index is 1.31. The van der Waals surface area contributed by atoms with Crippen molar-refractivity contribution in [1.82, 2.24) is 25.8 Å². The second-order valence-electron chi connectivity index (χ2n) is 6.28. The van der Waals surface area contributed by atoms with Gasteiger partial charge in [0.2, 0.25) is 0 Å². The lowest BCUT2D eigenvalue weighted by molar-refractivity contribution is 0.0948. The highest BCUT2D eigenvalue weighted by Crippen LogP contribution is 2.24. The van der Waals surface area contributed by atoms with Crippen LogP contribution < -0.4 is 15.5 Å². The van der Waals surface area contributed by atoms with E-state index in [0.717, 1.165) is 54.6 Å². The molecule has 7 nitrogen and oxygen atoms in total. The molecule has 0 aromatic carbocycles. The summed E-state index contributed by atoms with van der Waals surface area (Å²) in [4.78, 5) is 19.4. The summed E-state index contributed by atoms with van der Waals surface area (Å²) >= 11 is 1.70. The standard InChI is InChI=1S/C16H22N6OS/c23-15(14-12-9-17-5-4-13(12)20-21-14)18-6-3-11-10-24-16(19-11)22-7-1-2-8-22/h10,17H,1-9H2,(H,18,23)(H,20,21). The van der Waals surface area contributed by atoms with Gasteiger partial charge in [0.1, 0.15) is 0 Å². The third kappa shape index (κ3) is 3.16. The SMILES string of the molecule is O=C(NCCc1csc(N2CCCC2)n1)c1n[nH]c2c1CNCC2. The summed E-state index contributed by atoms with van der Waals surface area (Å²) in [5, 5.41) is 16.6. The van der Waals surface area contributed by atoms with Gasteiger partial charge in [-0.25, -0.2) is 4.98 Å². The van der Waals surface area contributed by atoms with Gasteiger partial charge in [-0.05, 0) is 12.8 Å². The van der Waals surface area contributed by atoms with E-state index < -0.39 is 0 Å². The van der Waals surface area contributed by atoms with Gasteiger partial charge in [-0.3, -0.25) is 9.89 Å². The van der Waals surface area contributed by atoms with Gasteiger partial charge in [0.25, 0.3) is 5.91 Å². The molecule has 2 aliphatic heterocycles. The lowest BCUT2D eigenvalue weighted by Gasteiger charge is -2.13. The van der Waals surface area contributed by atoms with Gasteiger partial charge in [0.15, 0.2) is 10.8 Å². The van der Waals surface area contributed by atoms with Crippen LogP contribution in [0, 0.1) is 0 Å². The maximum absolute atomic E-state index is 12.3. The molecule has 3 N–H and O–H groups in total. The third-order valence-corrected chi connectivity index (χ3v) is 5.55. The van der Waals surface area contributed by atoms with E-state index in [9.17, 15) is 4.79 Å². The molecule has 1 fully saturated rings. The van der Waals surface area contributed by atoms with Crippen LogP contribution in [0.25, 0.3) is 0 Å². The number of carbonyl (C=O) groups excluding carboxylic acids is 1. The number of fused-ring (bicyclic) bond motifs is 1. The number of H-pyrrole nitrogens is 1. The Morgan fingerprint density at radius 1 is 1.38 bits per heavy atom. The Morgan fingerprint density at radius 3 is 3.12 bits per heavy atom. The maximum atomic E-state index is 12.3. The molecule has 2 aromatic rings. The minimum atomic E-state index is -0.105. The molecule has 128 valence electrons. The van der Waals surface area contributed by atoms with Gasteiger partial charge < -0.3 is 15.5 Å². The normalized spacial score (nSPS) is 17.1. The first kappa shape index (κ1) is 15.6. The zero-order valence-electron chi connectivity index (χ0n) is 13.6. The Labute approximate surface area is 144 Å². The predicted octanol–water partition coefficient (Wildman–Crippen LogP) is 1.08. The molecule has 0 unspecified atom stereocenters. The fourth-order valence-corrected chi connectivity index (χ4v) is 4.18. The number of hydrogen-bond acceptors (Lipinski definition) is 6. The molecule has 1 amide bonds. The van der Waals surface area contributed by atoms with Gasteiger partial charge >= 0.3 is 0 Å². The van der Waals surface area contributed by atoms with Crippen molar-refractivity contribution in [3.05, 3.63) is 28.0 Å². The summed E-state index contributed by atoms with van der Waals surface area (Å²) in [5.74, 6) is -0.105. The lowest BCUT2D eigenvalue weighted by Crippen LogP contribution is -2.29. The first-order chi connectivity index (χ1) is 11.8. The second-order valence-corrected chi connectivity index (χ2v) is 7.11. The number of anilines is 1. The summed E-state index contributed by atoms with van der Waals surface area (Å²) in [5.41, 5.74) is 3.65. The number of hydrogen-bond donors (Lipinski definition) is 3. The van der Waals surface area contributed by atoms with Crippen molar-refractivity contribution in [2.75, 3.05) is 31.1 Å². The lowest BCUT2D eigenvalue weighted by atomic mass is 10.1. The van der Waals surface area contributed by atoms with E-state index in [1.54, 1.807) is 11.3 Å². The molecule has 1 saturated heterocycles. The summed E-state index contributed by atoms with van der Waals surface area (Å²) in [6.45, 7) is 4.44. The highest BCUT2D eigenvalue weighted by molar-refractivity contribution is 7.13. The van der Waals surface area contributed by atoms with Crippen molar-refractivity contribution in [3.63, 3.8) is 0 Å². The van der Waals surface area contributed by atoms with E-state index >= 15 is 0 Å². The number of thiazole rings is 1. The molecule has 4 heterocycles. The Bertz CT molecular complexity index is 718. The highest BCUT2D eigenvalue weighted by atomic mass is 32.1. The fourth-order valence-electron chi connectivity index (χ4n) is 3.27. The van der Waals surface area contributed by atoms with Crippen LogP contribution in [-0.4, -0.2) is 47.3 Å². The van der Waals surface area contributed by atoms with Crippen molar-refractivity contribution < 1.29 is 4.79 Å². The van der Waals surface area contributed by atoms with Crippen molar-refractivity contribution >= 4 is 22.4 Å². The molecular formula is C16H22N6OS. The maximum Gasteiger partial charge on any atom is 0.272 e. The van der Waals surface area contributed by atoms with Crippen molar-refractivity contribution in [2.24, 2.45) is 0 Å². The average molecular weight is 346 g/mol. The Hall–Kier alpha value is -1.93. The molecule has 2 aliphatic rings. The number of amides is 1. The highest BCUT2D eigenvalue weighted by Gasteiger charge is 2.21. The molecule has 2 aromatic heterocycles. The number of aromatic amines is 1. The zero-order valence-corrected chi connectivity index (χ0v) is 14.4. The van der Waals surface area contributed by atoms with Crippen LogP contribution in [0.15, 0.2) is 5.38 Å². The second kappa shape index (κ2) is 6.90. The van der Waals surface area contributed by atoms with Gasteiger partial charge in [0.05, 0.1) is 5.69 Å². The van der Waals surface area contributed by atoms with Crippen LogP contribution >= 0.6 is 11.3 Å². The van der Waals surface area contributed by atoms with Crippen molar-refractivity contribution in [2.45, 2.75) is 32.2 Å². The van der Waals surface area contributed by atoms with Gasteiger partial charge in [-0.1, -0.05) is 0 Å². The molecule has 0 radical (unpaired) electrons. The van der Waals surface area contributed by atoms with E-state index in [4.69, 9.17) is 0 Å². The van der Waals surface area contributed by atoms with E-state index in [0.29, 0.717) is 18.8 Å². The smallest absolute Gasteiger partial charge is 0.272 e. The average Bonchev–Trinajstić information content (AvgIpc) is 3.34. The number of rotatable bonds is 5. The number of aromatic nitrogens is 3. The Morgan fingerprint density at radius 2 is 2.25 bits per heavy atom. The summed E-state index contributed by atoms with van der Waals surface area (Å²) in [6.07, 6.45) is 4.16. The first-order valence-corrected chi connectivity index (χ1v) is 9.43. The summed E-state index contributed by atoms with van der Waals surface area (Å²) in [7, 11) is 0. The van der Waals surface area contributed by atoms with Crippen LogP contribution in [0.3, 0.4) is 0 Å². The molecule has 0 saturated carbocycles. The summed E-state index contributed by atoms with van der Waals surface area (Å²) < 4.78 is 0. The van der Waals surface area contributed by atoms with Crippen LogP contribution in [0.2, 0.25) is 0 Å². The van der Waals surface area contributed by atoms with E-state index in [-0.39, 0.29) is 5.91 Å². The molecule has 8 heteroatoms. The minimum absolute atomic E-state index is 0.105. The van der Waals surface area contributed by atoms with E-state index in [1.807, 2.05) is 0 Å². The van der Waals surface area contributed by atoms with Crippen molar-refractivity contribution in [3.8, 4) is 0 Å². The monoisotopic (exact) mass is 346 g/mol. The Kier molecular flexibility index (Phi) is 4.48. The zero-order chi connectivity index (χ0) is 16.4. The van der Waals surface area contributed by atoms with Crippen LogP contribution in [0.1, 0.15) is 40.3 Å². The molecule has 0 spiro atoms. The van der Waals surface area contributed by atoms with Crippen LogP contribution in [0.5, 0.6) is 0 Å². The molecule has 24 heavy (non-hydrogen) atoms. The first-order valence-electron chi connectivity index (χ1n) is 8.55. The molecular weight excluding hydrogens is 324 g/mol. The largest absolute Gasteiger partial charge is 0.350 e. The molecule has 0 aliphatic carbocycles. The van der Waals surface area contributed by atoms with Crippen LogP contribution in [-0.2, 0) is 19.4 Å². The van der Waals surface area contributed by atoms with Gasteiger partial charge in [-0.15, -0.1) is 11.3 Å². The third-order valence-electron chi connectivity index (χ3n) is 4.60. The van der Waals surface area contributed by atoms with Crippen molar-refractivity contribution in [1.29, 1.82) is 0 Å².